The van der Waals surface area contributed by atoms with Crippen molar-refractivity contribution in [2.75, 3.05) is 13.1 Å². The molecular formula is C10H14N4O5. The van der Waals surface area contributed by atoms with E-state index in [1.165, 1.54) is 6.39 Å². The first kappa shape index (κ1) is 13.3. The van der Waals surface area contributed by atoms with E-state index in [1.54, 1.807) is 0 Å². The van der Waals surface area contributed by atoms with Crippen molar-refractivity contribution in [3.8, 4) is 0 Å². The molecule has 2 rings (SSSR count). The molecule has 0 bridgehead atoms. The summed E-state index contributed by atoms with van der Waals surface area (Å²) >= 11 is 0. The zero-order valence-corrected chi connectivity index (χ0v) is 10.0. The molecule has 0 aliphatic carbocycles. The maximum atomic E-state index is 11.8. The van der Waals surface area contributed by atoms with Crippen LogP contribution in [-0.2, 0) is 11.2 Å². The van der Waals surface area contributed by atoms with Crippen LogP contribution in [0.3, 0.4) is 0 Å². The monoisotopic (exact) mass is 270 g/mol. The van der Waals surface area contributed by atoms with Gasteiger partial charge < -0.3 is 25.0 Å². The first-order valence-corrected chi connectivity index (χ1v) is 5.78. The minimum Gasteiger partial charge on any atom is -0.480 e. The topological polar surface area (TPSA) is 129 Å². The molecule has 2 atom stereocenters. The number of carboxylic acids is 1. The lowest BCUT2D eigenvalue weighted by atomic mass is 10.2. The normalized spacial score (nSPS) is 22.5. The van der Waals surface area contributed by atoms with Crippen LogP contribution in [0.25, 0.3) is 0 Å². The molecule has 9 nitrogen and oxygen atoms in total. The number of likely N-dealkylation sites (tertiary alicyclic amines) is 1. The van der Waals surface area contributed by atoms with Crippen molar-refractivity contribution < 1.29 is 24.3 Å². The van der Waals surface area contributed by atoms with Gasteiger partial charge in [0.1, 0.15) is 6.04 Å². The maximum absolute atomic E-state index is 11.8. The smallest absolute Gasteiger partial charge is 0.326 e. The number of hydrogen-bond donors (Lipinski definition) is 3. The SMILES string of the molecule is O=C(O)[C@@H]1CC(O)CN1C(=O)NCCc1ncon1. The van der Waals surface area contributed by atoms with E-state index in [1.807, 2.05) is 0 Å². The molecule has 1 aromatic rings. The van der Waals surface area contributed by atoms with Gasteiger partial charge in [0, 0.05) is 25.9 Å². The summed E-state index contributed by atoms with van der Waals surface area (Å²) in [6, 6.07) is -1.51. The minimum atomic E-state index is -1.12. The molecule has 1 fully saturated rings. The van der Waals surface area contributed by atoms with Gasteiger partial charge >= 0.3 is 12.0 Å². The van der Waals surface area contributed by atoms with Gasteiger partial charge in [-0.1, -0.05) is 5.16 Å². The van der Waals surface area contributed by atoms with Crippen LogP contribution < -0.4 is 5.32 Å². The van der Waals surface area contributed by atoms with Crippen molar-refractivity contribution in [2.24, 2.45) is 0 Å². The van der Waals surface area contributed by atoms with E-state index < -0.39 is 24.1 Å². The zero-order chi connectivity index (χ0) is 13.8. The van der Waals surface area contributed by atoms with Gasteiger partial charge in [-0.05, 0) is 0 Å². The Kier molecular flexibility index (Phi) is 3.95. The molecule has 1 aromatic heterocycles. The van der Waals surface area contributed by atoms with Crippen LogP contribution in [0.2, 0.25) is 0 Å². The van der Waals surface area contributed by atoms with Crippen LogP contribution in [0.4, 0.5) is 4.79 Å². The number of nitrogens with one attached hydrogen (secondary N) is 1. The highest BCUT2D eigenvalue weighted by Crippen LogP contribution is 2.17. The molecule has 9 heteroatoms. The van der Waals surface area contributed by atoms with Gasteiger partial charge in [0.25, 0.3) is 0 Å². The van der Waals surface area contributed by atoms with Gasteiger partial charge in [-0.3, -0.25) is 0 Å². The van der Waals surface area contributed by atoms with E-state index in [0.29, 0.717) is 12.2 Å². The first-order chi connectivity index (χ1) is 9.08. The van der Waals surface area contributed by atoms with Gasteiger partial charge in [0.05, 0.1) is 6.10 Å². The number of aliphatic hydroxyl groups is 1. The van der Waals surface area contributed by atoms with Crippen LogP contribution in [0.1, 0.15) is 12.2 Å². The van der Waals surface area contributed by atoms with E-state index in [-0.39, 0.29) is 19.5 Å². The third kappa shape index (κ3) is 3.19. The molecule has 3 N–H and O–H groups in total. The molecule has 1 saturated heterocycles. The van der Waals surface area contributed by atoms with Gasteiger partial charge in [-0.15, -0.1) is 0 Å². The van der Waals surface area contributed by atoms with Gasteiger partial charge in [0.2, 0.25) is 6.39 Å². The lowest BCUT2D eigenvalue weighted by Crippen LogP contribution is -2.46. The van der Waals surface area contributed by atoms with Crippen molar-refractivity contribution in [2.45, 2.75) is 25.0 Å². The summed E-state index contributed by atoms with van der Waals surface area (Å²) < 4.78 is 4.54. The first-order valence-electron chi connectivity index (χ1n) is 5.78. The van der Waals surface area contributed by atoms with Crippen molar-refractivity contribution in [3.63, 3.8) is 0 Å². The molecule has 104 valence electrons. The van der Waals surface area contributed by atoms with E-state index in [2.05, 4.69) is 20.0 Å². The fourth-order valence-electron chi connectivity index (χ4n) is 1.96. The minimum absolute atomic E-state index is 0.0189. The van der Waals surface area contributed by atoms with Gasteiger partial charge in [0.15, 0.2) is 5.82 Å². The molecule has 1 aliphatic heterocycles. The maximum Gasteiger partial charge on any atom is 0.326 e. The summed E-state index contributed by atoms with van der Waals surface area (Å²) in [6.45, 7) is 0.280. The number of hydrogen-bond acceptors (Lipinski definition) is 6. The van der Waals surface area contributed by atoms with Crippen LogP contribution in [0, 0.1) is 0 Å². The number of β-amino-alcohol motifs (C(OH)–C–C–N with tert-alkyl or cyclic N) is 1. The Balaban J connectivity index is 1.83. The highest BCUT2D eigenvalue weighted by atomic mass is 16.5. The van der Waals surface area contributed by atoms with Crippen molar-refractivity contribution in [3.05, 3.63) is 12.2 Å². The number of amides is 2. The molecule has 19 heavy (non-hydrogen) atoms. The Bertz CT molecular complexity index is 449. The average molecular weight is 270 g/mol. The van der Waals surface area contributed by atoms with E-state index in [9.17, 15) is 14.7 Å². The Morgan fingerprint density at radius 3 is 3.00 bits per heavy atom. The number of carbonyl (C=O) groups excluding carboxylic acids is 1. The molecule has 2 amide bonds. The number of urea groups is 1. The van der Waals surface area contributed by atoms with Gasteiger partial charge in [-0.25, -0.2) is 9.59 Å². The molecule has 1 aliphatic rings. The van der Waals surface area contributed by atoms with E-state index in [0.717, 1.165) is 4.90 Å². The highest BCUT2D eigenvalue weighted by molar-refractivity contribution is 5.83. The van der Waals surface area contributed by atoms with Gasteiger partial charge in [-0.2, -0.15) is 4.98 Å². The van der Waals surface area contributed by atoms with Crippen molar-refractivity contribution in [1.82, 2.24) is 20.4 Å². The van der Waals surface area contributed by atoms with Crippen LogP contribution in [0.5, 0.6) is 0 Å². The molecule has 0 radical (unpaired) electrons. The molecule has 0 spiro atoms. The molecule has 1 unspecified atom stereocenters. The molecule has 2 heterocycles. The second kappa shape index (κ2) is 5.65. The van der Waals surface area contributed by atoms with E-state index >= 15 is 0 Å². The van der Waals surface area contributed by atoms with Crippen LogP contribution in [0.15, 0.2) is 10.9 Å². The second-order valence-corrected chi connectivity index (χ2v) is 4.23. The predicted molar refractivity (Wildman–Crippen MR) is 60.2 cm³/mol. The third-order valence-corrected chi connectivity index (χ3v) is 2.86. The molecule has 0 saturated carbocycles. The number of rotatable bonds is 4. The summed E-state index contributed by atoms with van der Waals surface area (Å²) in [5, 5.41) is 24.5. The van der Waals surface area contributed by atoms with E-state index in [4.69, 9.17) is 5.11 Å². The Morgan fingerprint density at radius 1 is 1.58 bits per heavy atom. The lowest BCUT2D eigenvalue weighted by Gasteiger charge is -2.21. The van der Waals surface area contributed by atoms with Crippen molar-refractivity contribution in [1.29, 1.82) is 0 Å². The number of carbonyl (C=O) groups is 2. The van der Waals surface area contributed by atoms with Crippen molar-refractivity contribution >= 4 is 12.0 Å². The Hall–Kier alpha value is -2.16. The average Bonchev–Trinajstić information content (AvgIpc) is 2.98. The van der Waals surface area contributed by atoms with Crippen LogP contribution >= 0.6 is 0 Å². The Morgan fingerprint density at radius 2 is 2.37 bits per heavy atom. The number of carboxylic acid groups (broad SMARTS) is 1. The fourth-order valence-corrected chi connectivity index (χ4v) is 1.96. The summed E-state index contributed by atoms with van der Waals surface area (Å²) in [5.41, 5.74) is 0. The second-order valence-electron chi connectivity index (χ2n) is 4.23. The summed E-state index contributed by atoms with van der Waals surface area (Å²) in [7, 11) is 0. The molecular weight excluding hydrogens is 256 g/mol. The molecule has 0 aromatic carbocycles. The highest BCUT2D eigenvalue weighted by Gasteiger charge is 2.38. The predicted octanol–water partition coefficient (Wildman–Crippen LogP) is -1.16. The van der Waals surface area contributed by atoms with Crippen LogP contribution in [-0.4, -0.2) is 62.5 Å². The number of aliphatic hydroxyl groups excluding tert-OH is 1. The lowest BCUT2D eigenvalue weighted by molar-refractivity contribution is -0.141. The summed E-state index contributed by atoms with van der Waals surface area (Å²) in [5.74, 6) is -0.665. The largest absolute Gasteiger partial charge is 0.480 e. The summed E-state index contributed by atoms with van der Waals surface area (Å²) in [4.78, 5) is 27.7. The summed E-state index contributed by atoms with van der Waals surface area (Å²) in [6.07, 6.45) is 0.822. The zero-order valence-electron chi connectivity index (χ0n) is 10.0. The number of aliphatic carboxylic acids is 1. The number of aromatic nitrogens is 2. The number of nitrogens with zero attached hydrogens (tertiary/aromatic N) is 3. The Labute approximate surface area is 108 Å². The standard InChI is InChI=1S/C10H14N4O5/c15-6-3-7(9(16)17)14(4-6)10(18)11-2-1-8-12-5-19-13-8/h5-7,15H,1-4H2,(H,11,18)(H,16,17)/t6?,7-/m0/s1. The fraction of sp³-hybridized carbons (Fsp3) is 0.600. The third-order valence-electron chi connectivity index (χ3n) is 2.86. The quantitative estimate of drug-likeness (QED) is 0.629.